The molecule has 0 aliphatic rings. The zero-order chi connectivity index (χ0) is 30.4. The van der Waals surface area contributed by atoms with Gasteiger partial charge in [0.2, 0.25) is 0 Å². The molecular formula is C28H33N5O8S. The number of esters is 1. The van der Waals surface area contributed by atoms with E-state index in [1.54, 1.807) is 19.9 Å². The third-order valence-electron chi connectivity index (χ3n) is 6.09. The van der Waals surface area contributed by atoms with Gasteiger partial charge in [0.05, 0.1) is 35.6 Å². The third kappa shape index (κ3) is 6.65. The molecule has 0 saturated heterocycles. The lowest BCUT2D eigenvalue weighted by Crippen LogP contribution is -2.17. The second-order valence-electron chi connectivity index (χ2n) is 9.18. The number of nitrogens with one attached hydrogen (secondary N) is 2. The Bertz CT molecular complexity index is 1760. The molecule has 0 amide bonds. The summed E-state index contributed by atoms with van der Waals surface area (Å²) < 4.78 is 52.6. The Morgan fingerprint density at radius 3 is 2.50 bits per heavy atom. The number of anilines is 1. The fourth-order valence-corrected chi connectivity index (χ4v) is 5.36. The summed E-state index contributed by atoms with van der Waals surface area (Å²) in [5.74, 6) is 1.29. The highest BCUT2D eigenvalue weighted by molar-refractivity contribution is 7.92. The smallest absolute Gasteiger partial charge is 0.302 e. The fourth-order valence-electron chi connectivity index (χ4n) is 4.29. The SMILES string of the molecule is CCCc1nc(C)c2c(=O)[nH]c(-c3cc(S(=O)(=O)Nc4ccc(OC)c(OCCOC(C)=O)c4)ccc3OCC)nn12. The Hall–Kier alpha value is -4.59. The predicted octanol–water partition coefficient (Wildman–Crippen LogP) is 3.50. The van der Waals surface area contributed by atoms with Crippen molar-refractivity contribution < 1.29 is 32.2 Å². The van der Waals surface area contributed by atoms with Gasteiger partial charge < -0.3 is 23.9 Å². The summed E-state index contributed by atoms with van der Waals surface area (Å²) in [4.78, 5) is 31.2. The number of fused-ring (bicyclic) bond motifs is 1. The number of ether oxygens (including phenoxy) is 4. The van der Waals surface area contributed by atoms with Gasteiger partial charge in [-0.3, -0.25) is 14.3 Å². The van der Waals surface area contributed by atoms with E-state index < -0.39 is 21.6 Å². The van der Waals surface area contributed by atoms with Crippen LogP contribution in [-0.2, 0) is 26.0 Å². The molecule has 13 nitrogen and oxygen atoms in total. The van der Waals surface area contributed by atoms with Gasteiger partial charge in [-0.05, 0) is 50.6 Å². The number of benzene rings is 2. The highest BCUT2D eigenvalue weighted by Crippen LogP contribution is 2.33. The van der Waals surface area contributed by atoms with Gasteiger partial charge in [-0.1, -0.05) is 6.92 Å². The second-order valence-corrected chi connectivity index (χ2v) is 10.9. The number of nitrogens with zero attached hydrogens (tertiary/aromatic N) is 3. The zero-order valence-corrected chi connectivity index (χ0v) is 24.8. The van der Waals surface area contributed by atoms with E-state index in [0.717, 1.165) is 6.42 Å². The molecule has 224 valence electrons. The first-order valence-electron chi connectivity index (χ1n) is 13.3. The molecule has 0 fully saturated rings. The molecule has 0 bridgehead atoms. The number of hydrogen-bond acceptors (Lipinski definition) is 10. The Labute approximate surface area is 242 Å². The van der Waals surface area contributed by atoms with Crippen molar-refractivity contribution in [2.24, 2.45) is 0 Å². The van der Waals surface area contributed by atoms with Crippen LogP contribution in [0.15, 0.2) is 46.1 Å². The maximum absolute atomic E-state index is 13.5. The van der Waals surface area contributed by atoms with E-state index in [0.29, 0.717) is 41.6 Å². The maximum atomic E-state index is 13.5. The molecule has 0 saturated carbocycles. The van der Waals surface area contributed by atoms with Crippen molar-refractivity contribution >= 4 is 27.2 Å². The number of imidazole rings is 1. The van der Waals surface area contributed by atoms with E-state index >= 15 is 0 Å². The van der Waals surface area contributed by atoms with E-state index in [1.165, 1.54) is 48.9 Å². The van der Waals surface area contributed by atoms with Crippen LogP contribution in [0.4, 0.5) is 5.69 Å². The molecule has 42 heavy (non-hydrogen) atoms. The molecule has 0 unspecified atom stereocenters. The highest BCUT2D eigenvalue weighted by atomic mass is 32.2. The van der Waals surface area contributed by atoms with Gasteiger partial charge in [0.25, 0.3) is 15.6 Å². The van der Waals surface area contributed by atoms with Crippen LogP contribution in [0.3, 0.4) is 0 Å². The summed E-state index contributed by atoms with van der Waals surface area (Å²) in [7, 11) is -2.67. The molecule has 14 heteroatoms. The quantitative estimate of drug-likeness (QED) is 0.172. The van der Waals surface area contributed by atoms with Crippen LogP contribution in [0.25, 0.3) is 16.9 Å². The number of H-pyrrole nitrogens is 1. The average molecular weight is 600 g/mol. The van der Waals surface area contributed by atoms with Crippen molar-refractivity contribution in [3.05, 3.63) is 58.3 Å². The van der Waals surface area contributed by atoms with Crippen molar-refractivity contribution in [3.63, 3.8) is 0 Å². The molecule has 4 rings (SSSR count). The minimum absolute atomic E-state index is 0.0178. The Balaban J connectivity index is 1.71. The summed E-state index contributed by atoms with van der Waals surface area (Å²) >= 11 is 0. The maximum Gasteiger partial charge on any atom is 0.302 e. The highest BCUT2D eigenvalue weighted by Gasteiger charge is 2.22. The number of carbonyl (C=O) groups is 1. The molecule has 2 aromatic heterocycles. The first-order valence-corrected chi connectivity index (χ1v) is 14.8. The van der Waals surface area contributed by atoms with Crippen molar-refractivity contribution in [2.45, 2.75) is 45.4 Å². The van der Waals surface area contributed by atoms with Gasteiger partial charge >= 0.3 is 5.97 Å². The summed E-state index contributed by atoms with van der Waals surface area (Å²) in [6.45, 7) is 7.19. The Morgan fingerprint density at radius 2 is 1.81 bits per heavy atom. The monoisotopic (exact) mass is 599 g/mol. The summed E-state index contributed by atoms with van der Waals surface area (Å²) in [6, 6.07) is 8.84. The zero-order valence-electron chi connectivity index (χ0n) is 24.0. The molecule has 4 aromatic rings. The summed E-state index contributed by atoms with van der Waals surface area (Å²) in [6.07, 6.45) is 1.41. The van der Waals surface area contributed by atoms with E-state index in [1.807, 2.05) is 6.92 Å². The lowest BCUT2D eigenvalue weighted by molar-refractivity contribution is -0.141. The largest absolute Gasteiger partial charge is 0.493 e. The van der Waals surface area contributed by atoms with Crippen LogP contribution in [0, 0.1) is 6.92 Å². The number of aromatic amines is 1. The van der Waals surface area contributed by atoms with Crippen LogP contribution in [0.1, 0.15) is 38.7 Å². The Morgan fingerprint density at radius 1 is 1.05 bits per heavy atom. The van der Waals surface area contributed by atoms with Gasteiger partial charge in [0.1, 0.15) is 24.8 Å². The first-order chi connectivity index (χ1) is 20.1. The predicted molar refractivity (Wildman–Crippen MR) is 155 cm³/mol. The van der Waals surface area contributed by atoms with Gasteiger partial charge in [-0.15, -0.1) is 5.10 Å². The number of methoxy groups -OCH3 is 1. The third-order valence-corrected chi connectivity index (χ3v) is 7.47. The van der Waals surface area contributed by atoms with Gasteiger partial charge in [0, 0.05) is 19.4 Å². The van der Waals surface area contributed by atoms with E-state index in [4.69, 9.17) is 18.9 Å². The van der Waals surface area contributed by atoms with Crippen molar-refractivity contribution in [2.75, 3.05) is 31.7 Å². The molecule has 0 aliphatic heterocycles. The average Bonchev–Trinajstić information content (AvgIpc) is 3.26. The van der Waals surface area contributed by atoms with Crippen LogP contribution in [0.2, 0.25) is 0 Å². The van der Waals surface area contributed by atoms with E-state index in [9.17, 15) is 18.0 Å². The molecule has 0 radical (unpaired) electrons. The lowest BCUT2D eigenvalue weighted by atomic mass is 10.2. The standard InChI is InChI=1S/C28H33N5O8S/c1-6-8-25-29-17(3)26-28(35)30-27(31-33(25)26)21-16-20(10-12-22(21)39-7-2)42(36,37)32-19-9-11-23(38-5)24(15-19)41-14-13-40-18(4)34/h9-12,15-16,32H,6-8,13-14H2,1-5H3,(H,30,31,35). The first kappa shape index (κ1) is 30.4. The molecule has 2 aromatic carbocycles. The Kier molecular flexibility index (Phi) is 9.35. The van der Waals surface area contributed by atoms with Crippen LogP contribution in [0.5, 0.6) is 17.2 Å². The fraction of sp³-hybridized carbons (Fsp3) is 0.357. The van der Waals surface area contributed by atoms with E-state index in [2.05, 4.69) is 19.8 Å². The number of aromatic nitrogens is 4. The van der Waals surface area contributed by atoms with Crippen molar-refractivity contribution in [1.82, 2.24) is 19.6 Å². The molecule has 2 N–H and O–H groups in total. The second kappa shape index (κ2) is 12.9. The minimum atomic E-state index is -4.12. The molecule has 0 spiro atoms. The number of sulfonamides is 1. The van der Waals surface area contributed by atoms with Crippen LogP contribution in [-0.4, -0.2) is 60.9 Å². The number of hydrogen-bond donors (Lipinski definition) is 2. The minimum Gasteiger partial charge on any atom is -0.493 e. The van der Waals surface area contributed by atoms with E-state index in [-0.39, 0.29) is 40.9 Å². The van der Waals surface area contributed by atoms with Gasteiger partial charge in [-0.2, -0.15) is 0 Å². The van der Waals surface area contributed by atoms with Crippen LogP contribution < -0.4 is 24.5 Å². The van der Waals surface area contributed by atoms with Gasteiger partial charge in [-0.25, -0.2) is 17.9 Å². The van der Waals surface area contributed by atoms with Crippen molar-refractivity contribution in [1.29, 1.82) is 0 Å². The van der Waals surface area contributed by atoms with Gasteiger partial charge in [0.15, 0.2) is 22.8 Å². The lowest BCUT2D eigenvalue weighted by Gasteiger charge is -2.15. The summed E-state index contributed by atoms with van der Waals surface area (Å²) in [5.41, 5.74) is 0.978. The molecular weight excluding hydrogens is 566 g/mol. The normalized spacial score (nSPS) is 11.4. The number of aryl methyl sites for hydroxylation is 2. The molecule has 2 heterocycles. The van der Waals surface area contributed by atoms with Crippen molar-refractivity contribution in [3.8, 4) is 28.6 Å². The number of carbonyl (C=O) groups excluding carboxylic acids is 1. The number of rotatable bonds is 13. The molecule has 0 aliphatic carbocycles. The topological polar surface area (TPSA) is 163 Å². The van der Waals surface area contributed by atoms with Crippen LogP contribution >= 0.6 is 0 Å². The molecule has 0 atom stereocenters. The summed E-state index contributed by atoms with van der Waals surface area (Å²) in [5, 5.41) is 4.61.